The number of halogens is 1. The molecule has 0 aliphatic rings. The molecule has 0 spiro atoms. The lowest BCUT2D eigenvalue weighted by atomic mass is 9.98. The second kappa shape index (κ2) is 8.05. The fraction of sp³-hybridized carbons (Fsp3) is 0.190. The second-order valence-corrected chi connectivity index (χ2v) is 8.72. The van der Waals surface area contributed by atoms with Gasteiger partial charge in [-0.2, -0.15) is 0 Å². The highest BCUT2D eigenvalue weighted by molar-refractivity contribution is 9.10. The molecular weight excluding hydrogens is 434 g/mol. The summed E-state index contributed by atoms with van der Waals surface area (Å²) < 4.78 is 1.97. The molecule has 28 heavy (non-hydrogen) atoms. The summed E-state index contributed by atoms with van der Waals surface area (Å²) in [5.74, 6) is 0.630. The van der Waals surface area contributed by atoms with E-state index in [1.807, 2.05) is 30.3 Å². The highest BCUT2D eigenvalue weighted by Gasteiger charge is 2.24. The van der Waals surface area contributed by atoms with Gasteiger partial charge >= 0.3 is 0 Å². The molecule has 0 saturated heterocycles. The van der Waals surface area contributed by atoms with Crippen molar-refractivity contribution in [2.75, 3.05) is 0 Å². The number of thiophene rings is 1. The average molecular weight is 454 g/mol. The smallest absolute Gasteiger partial charge is 0.160 e. The first-order valence-electron chi connectivity index (χ1n) is 8.96. The first-order chi connectivity index (χ1) is 13.5. The van der Waals surface area contributed by atoms with Crippen molar-refractivity contribution in [1.82, 2.24) is 15.0 Å². The minimum atomic E-state index is -0.406. The number of aryl methyl sites for hydroxylation is 1. The quantitative estimate of drug-likeness (QED) is 0.467. The highest BCUT2D eigenvalue weighted by atomic mass is 79.9. The number of pyridine rings is 1. The molecule has 2 unspecified atom stereocenters. The van der Waals surface area contributed by atoms with Crippen LogP contribution in [-0.2, 0) is 6.42 Å². The normalized spacial score (nSPS) is 13.6. The first kappa shape index (κ1) is 19.1. The Morgan fingerprint density at radius 1 is 1.04 bits per heavy atom. The molecule has 3 aromatic heterocycles. The lowest BCUT2D eigenvalue weighted by Gasteiger charge is -2.20. The fourth-order valence-corrected chi connectivity index (χ4v) is 4.84. The second-order valence-electron chi connectivity index (χ2n) is 6.70. The molecule has 0 aliphatic carbocycles. The molecule has 4 N–H and O–H groups in total. The van der Waals surface area contributed by atoms with Crippen LogP contribution < -0.4 is 11.5 Å². The SMILES string of the molecule is Cc1sc2c(C(N)C(N)Cc3ccccc3)nc(-c3ccncc3)nc2c1Br. The van der Waals surface area contributed by atoms with Crippen LogP contribution in [0.4, 0.5) is 0 Å². The Morgan fingerprint density at radius 3 is 2.46 bits per heavy atom. The number of benzene rings is 1. The van der Waals surface area contributed by atoms with Gasteiger partial charge in [-0.05, 0) is 47.0 Å². The van der Waals surface area contributed by atoms with Crippen molar-refractivity contribution in [2.24, 2.45) is 11.5 Å². The molecule has 7 heteroatoms. The molecule has 2 atom stereocenters. The minimum absolute atomic E-state index is 0.257. The lowest BCUT2D eigenvalue weighted by Crippen LogP contribution is -2.36. The Hall–Kier alpha value is -2.19. The number of aromatic nitrogens is 3. The van der Waals surface area contributed by atoms with E-state index < -0.39 is 6.04 Å². The van der Waals surface area contributed by atoms with E-state index >= 15 is 0 Å². The van der Waals surface area contributed by atoms with Crippen LogP contribution in [0.25, 0.3) is 21.6 Å². The van der Waals surface area contributed by atoms with Crippen LogP contribution in [0, 0.1) is 6.92 Å². The van der Waals surface area contributed by atoms with Crippen molar-refractivity contribution < 1.29 is 0 Å². The third kappa shape index (κ3) is 3.71. The van der Waals surface area contributed by atoms with Gasteiger partial charge in [0.2, 0.25) is 0 Å². The zero-order valence-corrected chi connectivity index (χ0v) is 17.7. The summed E-state index contributed by atoms with van der Waals surface area (Å²) >= 11 is 5.31. The molecular formula is C21H20BrN5S. The van der Waals surface area contributed by atoms with E-state index in [0.717, 1.165) is 36.4 Å². The van der Waals surface area contributed by atoms with Crippen LogP contribution in [0.15, 0.2) is 59.3 Å². The highest BCUT2D eigenvalue weighted by Crippen LogP contribution is 2.38. The summed E-state index contributed by atoms with van der Waals surface area (Å²) in [6.07, 6.45) is 4.15. The van der Waals surface area contributed by atoms with Crippen LogP contribution in [-0.4, -0.2) is 21.0 Å². The van der Waals surface area contributed by atoms with E-state index in [-0.39, 0.29) is 6.04 Å². The third-order valence-electron chi connectivity index (χ3n) is 4.69. The predicted molar refractivity (Wildman–Crippen MR) is 118 cm³/mol. The van der Waals surface area contributed by atoms with Gasteiger partial charge in [0.25, 0.3) is 0 Å². The maximum Gasteiger partial charge on any atom is 0.160 e. The number of fused-ring (bicyclic) bond motifs is 1. The van der Waals surface area contributed by atoms with E-state index in [9.17, 15) is 0 Å². The first-order valence-corrected chi connectivity index (χ1v) is 10.6. The van der Waals surface area contributed by atoms with Gasteiger partial charge in [-0.15, -0.1) is 11.3 Å². The van der Waals surface area contributed by atoms with Gasteiger partial charge in [-0.25, -0.2) is 9.97 Å². The molecule has 0 amide bonds. The Labute approximate surface area is 176 Å². The van der Waals surface area contributed by atoms with Gasteiger partial charge in [0.15, 0.2) is 5.82 Å². The van der Waals surface area contributed by atoms with Gasteiger partial charge in [-0.1, -0.05) is 30.3 Å². The average Bonchev–Trinajstić information content (AvgIpc) is 3.02. The van der Waals surface area contributed by atoms with E-state index in [0.29, 0.717) is 12.2 Å². The molecule has 4 aromatic rings. The third-order valence-corrected chi connectivity index (χ3v) is 7.04. The summed E-state index contributed by atoms with van der Waals surface area (Å²) in [5, 5.41) is 0. The van der Waals surface area contributed by atoms with Gasteiger partial charge in [0, 0.05) is 28.9 Å². The fourth-order valence-electron chi connectivity index (χ4n) is 3.15. The van der Waals surface area contributed by atoms with Crippen molar-refractivity contribution in [1.29, 1.82) is 0 Å². The molecule has 142 valence electrons. The molecule has 0 fully saturated rings. The Morgan fingerprint density at radius 2 is 1.75 bits per heavy atom. The van der Waals surface area contributed by atoms with Gasteiger partial charge in [-0.3, -0.25) is 4.98 Å². The van der Waals surface area contributed by atoms with Crippen LogP contribution in [0.3, 0.4) is 0 Å². The topological polar surface area (TPSA) is 90.7 Å². The summed E-state index contributed by atoms with van der Waals surface area (Å²) in [6, 6.07) is 13.3. The summed E-state index contributed by atoms with van der Waals surface area (Å²) in [6.45, 7) is 2.06. The summed E-state index contributed by atoms with van der Waals surface area (Å²) in [7, 11) is 0. The zero-order chi connectivity index (χ0) is 19.7. The van der Waals surface area contributed by atoms with Crippen molar-refractivity contribution in [3.05, 3.63) is 75.5 Å². The molecule has 3 heterocycles. The van der Waals surface area contributed by atoms with Crippen LogP contribution in [0.1, 0.15) is 22.2 Å². The molecule has 0 bridgehead atoms. The predicted octanol–water partition coefficient (Wildman–Crippen LogP) is 4.39. The lowest BCUT2D eigenvalue weighted by molar-refractivity contribution is 0.537. The van der Waals surface area contributed by atoms with E-state index in [4.69, 9.17) is 21.4 Å². The van der Waals surface area contributed by atoms with Crippen molar-refractivity contribution >= 4 is 37.5 Å². The molecule has 4 rings (SSSR count). The molecule has 0 aliphatic heterocycles. The zero-order valence-electron chi connectivity index (χ0n) is 15.3. The van der Waals surface area contributed by atoms with Gasteiger partial charge in [0.05, 0.1) is 26.4 Å². The van der Waals surface area contributed by atoms with E-state index in [1.54, 1.807) is 23.7 Å². The van der Waals surface area contributed by atoms with Crippen molar-refractivity contribution in [2.45, 2.75) is 25.4 Å². The molecule has 0 radical (unpaired) electrons. The van der Waals surface area contributed by atoms with Crippen LogP contribution in [0.2, 0.25) is 0 Å². The summed E-state index contributed by atoms with van der Waals surface area (Å²) in [5.41, 5.74) is 16.9. The number of nitrogens with two attached hydrogens (primary N) is 2. The standard InChI is InChI=1S/C21H20BrN5S/c1-12-16(22)18-20(28-12)19(27-21(26-18)14-7-9-25-10-8-14)17(24)15(23)11-13-5-3-2-4-6-13/h2-10,15,17H,11,23-24H2,1H3. The minimum Gasteiger partial charge on any atom is -0.326 e. The van der Waals surface area contributed by atoms with Gasteiger partial charge in [0.1, 0.15) is 0 Å². The number of hydrogen-bond donors (Lipinski definition) is 2. The van der Waals surface area contributed by atoms with E-state index in [1.165, 1.54) is 0 Å². The van der Waals surface area contributed by atoms with Crippen LogP contribution in [0.5, 0.6) is 0 Å². The maximum absolute atomic E-state index is 6.62. The molecule has 1 aromatic carbocycles. The Kier molecular flexibility index (Phi) is 5.50. The van der Waals surface area contributed by atoms with E-state index in [2.05, 4.69) is 40.0 Å². The Bertz CT molecular complexity index is 1100. The van der Waals surface area contributed by atoms with Crippen LogP contribution >= 0.6 is 27.3 Å². The number of hydrogen-bond acceptors (Lipinski definition) is 6. The van der Waals surface area contributed by atoms with Crippen molar-refractivity contribution in [3.63, 3.8) is 0 Å². The van der Waals surface area contributed by atoms with Gasteiger partial charge < -0.3 is 11.5 Å². The summed E-state index contributed by atoms with van der Waals surface area (Å²) in [4.78, 5) is 14.8. The Balaban J connectivity index is 1.79. The largest absolute Gasteiger partial charge is 0.326 e. The van der Waals surface area contributed by atoms with Crippen molar-refractivity contribution in [3.8, 4) is 11.4 Å². The number of rotatable bonds is 5. The molecule has 0 saturated carbocycles. The molecule has 5 nitrogen and oxygen atoms in total. The monoisotopic (exact) mass is 453 g/mol. The number of nitrogens with zero attached hydrogens (tertiary/aromatic N) is 3. The maximum atomic E-state index is 6.62.